The maximum Gasteiger partial charge on any atom is 0.224 e. The Morgan fingerprint density at radius 1 is 1.39 bits per heavy atom. The van der Waals surface area contributed by atoms with Crippen molar-refractivity contribution < 1.29 is 4.79 Å². The number of carbonyl (C=O) groups excluding carboxylic acids is 1. The molecule has 0 atom stereocenters. The molecule has 18 heavy (non-hydrogen) atoms. The molecule has 0 saturated heterocycles. The molecule has 94 valence electrons. The van der Waals surface area contributed by atoms with Gasteiger partial charge >= 0.3 is 0 Å². The second kappa shape index (κ2) is 5.39. The normalized spacial score (nSPS) is 10.3. The van der Waals surface area contributed by atoms with Crippen molar-refractivity contribution in [3.05, 3.63) is 40.7 Å². The van der Waals surface area contributed by atoms with Gasteiger partial charge in [-0.3, -0.25) is 4.79 Å². The summed E-state index contributed by atoms with van der Waals surface area (Å²) in [5.74, 6) is 0.429. The van der Waals surface area contributed by atoms with Gasteiger partial charge in [-0.05, 0) is 25.0 Å². The van der Waals surface area contributed by atoms with E-state index in [2.05, 4.69) is 25.9 Å². The zero-order chi connectivity index (χ0) is 13.0. The summed E-state index contributed by atoms with van der Waals surface area (Å²) in [4.78, 5) is 11.8. The van der Waals surface area contributed by atoms with Gasteiger partial charge in [-0.2, -0.15) is 5.21 Å². The van der Waals surface area contributed by atoms with E-state index in [-0.39, 0.29) is 5.91 Å². The van der Waals surface area contributed by atoms with Crippen molar-refractivity contribution in [1.82, 2.24) is 25.9 Å². The molecule has 6 nitrogen and oxygen atoms in total. The molecule has 1 aromatic heterocycles. The van der Waals surface area contributed by atoms with Crippen LogP contribution in [0, 0.1) is 13.8 Å². The van der Waals surface area contributed by atoms with E-state index >= 15 is 0 Å². The first-order valence-electron chi connectivity index (χ1n) is 5.70. The molecular weight excluding hydrogens is 230 g/mol. The van der Waals surface area contributed by atoms with Gasteiger partial charge in [0.15, 0.2) is 5.82 Å². The van der Waals surface area contributed by atoms with Crippen LogP contribution in [0.3, 0.4) is 0 Å². The van der Waals surface area contributed by atoms with Crippen LogP contribution < -0.4 is 5.32 Å². The first-order valence-corrected chi connectivity index (χ1v) is 5.70. The van der Waals surface area contributed by atoms with Crippen LogP contribution in [0.1, 0.15) is 22.5 Å². The molecule has 0 bridgehead atoms. The number of tetrazole rings is 1. The molecule has 2 aromatic rings. The lowest BCUT2D eigenvalue weighted by molar-refractivity contribution is -0.120. The lowest BCUT2D eigenvalue weighted by Crippen LogP contribution is -2.25. The van der Waals surface area contributed by atoms with E-state index in [9.17, 15) is 4.79 Å². The van der Waals surface area contributed by atoms with Gasteiger partial charge in [0.1, 0.15) is 0 Å². The fourth-order valence-corrected chi connectivity index (χ4v) is 1.66. The summed E-state index contributed by atoms with van der Waals surface area (Å²) in [5, 5.41) is 16.0. The topological polar surface area (TPSA) is 83.6 Å². The molecule has 0 unspecified atom stereocenters. The number of aromatic amines is 1. The fraction of sp³-hybridized carbons (Fsp3) is 0.333. The number of nitrogens with zero attached hydrogens (tertiary/aromatic N) is 3. The Labute approximate surface area is 105 Å². The highest BCUT2D eigenvalue weighted by Gasteiger charge is 2.07. The van der Waals surface area contributed by atoms with Crippen molar-refractivity contribution in [2.45, 2.75) is 26.8 Å². The van der Waals surface area contributed by atoms with E-state index in [0.717, 1.165) is 16.7 Å². The van der Waals surface area contributed by atoms with Crippen LogP contribution >= 0.6 is 0 Å². The minimum absolute atomic E-state index is 0.0477. The van der Waals surface area contributed by atoms with Crippen LogP contribution in [0.15, 0.2) is 18.2 Å². The molecule has 0 aliphatic heterocycles. The van der Waals surface area contributed by atoms with Crippen molar-refractivity contribution >= 4 is 5.91 Å². The maximum atomic E-state index is 11.8. The number of aryl methyl sites for hydroxylation is 2. The van der Waals surface area contributed by atoms with Crippen LogP contribution in [0.4, 0.5) is 0 Å². The van der Waals surface area contributed by atoms with Crippen LogP contribution in [-0.2, 0) is 17.8 Å². The molecule has 6 heteroatoms. The second-order valence-electron chi connectivity index (χ2n) is 4.21. The summed E-state index contributed by atoms with van der Waals surface area (Å²) in [6.45, 7) is 4.31. The van der Waals surface area contributed by atoms with Crippen molar-refractivity contribution in [3.8, 4) is 0 Å². The number of aromatic nitrogens is 4. The number of amides is 1. The standard InChI is InChI=1S/C12H15N5O/c1-8-3-4-9(2)10(5-8)6-12(18)13-7-11-14-16-17-15-11/h3-5H,6-7H2,1-2H3,(H,13,18)(H,14,15,16,17). The summed E-state index contributed by atoms with van der Waals surface area (Å²) >= 11 is 0. The largest absolute Gasteiger partial charge is 0.348 e. The Morgan fingerprint density at radius 3 is 2.94 bits per heavy atom. The first kappa shape index (κ1) is 12.2. The molecule has 0 saturated carbocycles. The Bertz CT molecular complexity index is 535. The van der Waals surface area contributed by atoms with Gasteiger partial charge in [0.25, 0.3) is 0 Å². The van der Waals surface area contributed by atoms with Crippen LogP contribution in [0.5, 0.6) is 0 Å². The van der Waals surface area contributed by atoms with E-state index in [0.29, 0.717) is 18.8 Å². The number of hydrogen-bond donors (Lipinski definition) is 2. The van der Waals surface area contributed by atoms with Gasteiger partial charge in [-0.1, -0.05) is 29.0 Å². The molecule has 0 radical (unpaired) electrons. The highest BCUT2D eigenvalue weighted by Crippen LogP contribution is 2.11. The van der Waals surface area contributed by atoms with Gasteiger partial charge in [0.2, 0.25) is 5.91 Å². The minimum Gasteiger partial charge on any atom is -0.348 e. The van der Waals surface area contributed by atoms with Gasteiger partial charge in [-0.25, -0.2) is 0 Å². The number of hydrogen-bond acceptors (Lipinski definition) is 4. The molecule has 0 aliphatic carbocycles. The molecule has 2 rings (SSSR count). The SMILES string of the molecule is Cc1ccc(C)c(CC(=O)NCc2nn[nH]n2)c1. The Morgan fingerprint density at radius 2 is 2.22 bits per heavy atom. The Balaban J connectivity index is 1.92. The average Bonchev–Trinajstić information content (AvgIpc) is 2.84. The van der Waals surface area contributed by atoms with Crippen molar-refractivity contribution in [2.24, 2.45) is 0 Å². The highest BCUT2D eigenvalue weighted by molar-refractivity contribution is 5.78. The monoisotopic (exact) mass is 245 g/mol. The molecule has 0 fully saturated rings. The average molecular weight is 245 g/mol. The molecule has 0 aliphatic rings. The number of carbonyl (C=O) groups is 1. The van der Waals surface area contributed by atoms with E-state index in [1.807, 2.05) is 32.0 Å². The smallest absolute Gasteiger partial charge is 0.224 e. The molecule has 1 heterocycles. The van der Waals surface area contributed by atoms with Crippen molar-refractivity contribution in [2.75, 3.05) is 0 Å². The molecule has 2 N–H and O–H groups in total. The Kier molecular flexibility index (Phi) is 3.66. The Hall–Kier alpha value is -2.24. The van der Waals surface area contributed by atoms with Crippen LogP contribution in [0.2, 0.25) is 0 Å². The summed E-state index contributed by atoms with van der Waals surface area (Å²) in [7, 11) is 0. The lowest BCUT2D eigenvalue weighted by Gasteiger charge is -2.07. The molecule has 0 spiro atoms. The fourth-order valence-electron chi connectivity index (χ4n) is 1.66. The molecule has 1 amide bonds. The lowest BCUT2D eigenvalue weighted by atomic mass is 10.0. The van der Waals surface area contributed by atoms with Gasteiger partial charge in [-0.15, -0.1) is 10.2 Å². The second-order valence-corrected chi connectivity index (χ2v) is 4.21. The number of rotatable bonds is 4. The molecular formula is C12H15N5O. The minimum atomic E-state index is -0.0477. The van der Waals surface area contributed by atoms with E-state index in [1.165, 1.54) is 0 Å². The van der Waals surface area contributed by atoms with E-state index < -0.39 is 0 Å². The number of nitrogens with one attached hydrogen (secondary N) is 2. The van der Waals surface area contributed by atoms with E-state index in [1.54, 1.807) is 0 Å². The summed E-state index contributed by atoms with van der Waals surface area (Å²) < 4.78 is 0. The van der Waals surface area contributed by atoms with Gasteiger partial charge in [0, 0.05) is 0 Å². The number of benzene rings is 1. The third-order valence-corrected chi connectivity index (χ3v) is 2.69. The predicted octanol–water partition coefficient (Wildman–Crippen LogP) is 0.675. The summed E-state index contributed by atoms with van der Waals surface area (Å²) in [5.41, 5.74) is 3.32. The maximum absolute atomic E-state index is 11.8. The van der Waals surface area contributed by atoms with Crippen molar-refractivity contribution in [1.29, 1.82) is 0 Å². The number of H-pyrrole nitrogens is 1. The zero-order valence-electron chi connectivity index (χ0n) is 10.4. The quantitative estimate of drug-likeness (QED) is 0.829. The van der Waals surface area contributed by atoms with Gasteiger partial charge < -0.3 is 5.32 Å². The van der Waals surface area contributed by atoms with Gasteiger partial charge in [0.05, 0.1) is 13.0 Å². The predicted molar refractivity (Wildman–Crippen MR) is 65.6 cm³/mol. The first-order chi connectivity index (χ1) is 8.65. The van der Waals surface area contributed by atoms with Crippen molar-refractivity contribution in [3.63, 3.8) is 0 Å². The van der Waals surface area contributed by atoms with E-state index in [4.69, 9.17) is 0 Å². The summed E-state index contributed by atoms with van der Waals surface area (Å²) in [6, 6.07) is 6.09. The third kappa shape index (κ3) is 3.13. The summed E-state index contributed by atoms with van der Waals surface area (Å²) in [6.07, 6.45) is 0.366. The van der Waals surface area contributed by atoms with Crippen LogP contribution in [0.25, 0.3) is 0 Å². The van der Waals surface area contributed by atoms with Crippen LogP contribution in [-0.4, -0.2) is 26.5 Å². The highest BCUT2D eigenvalue weighted by atomic mass is 16.1. The molecule has 1 aromatic carbocycles. The third-order valence-electron chi connectivity index (χ3n) is 2.69. The zero-order valence-corrected chi connectivity index (χ0v) is 10.4.